The van der Waals surface area contributed by atoms with Crippen molar-refractivity contribution in [1.82, 2.24) is 10.1 Å². The molecule has 1 aromatic heterocycles. The van der Waals surface area contributed by atoms with E-state index in [9.17, 15) is 4.79 Å². The highest BCUT2D eigenvalue weighted by molar-refractivity contribution is 5.73. The number of carbonyl (C=O) groups is 1. The molecule has 0 aliphatic rings. The van der Waals surface area contributed by atoms with Gasteiger partial charge in [-0.15, -0.1) is 0 Å². The van der Waals surface area contributed by atoms with Gasteiger partial charge in [-0.1, -0.05) is 35.5 Å². The summed E-state index contributed by atoms with van der Waals surface area (Å²) in [7, 11) is 3.10. The quantitative estimate of drug-likeness (QED) is 0.591. The standard InChI is InChI=1S/C20H20N2O5/c1-13-6-4-5-7-16(13)20-21-18(27-22-20)12-26-19(23)10-14-8-9-15(24-2)11-17(14)25-3/h4-9,11H,10,12H2,1-3H3. The number of benzene rings is 2. The van der Waals surface area contributed by atoms with Gasteiger partial charge < -0.3 is 18.7 Å². The van der Waals surface area contributed by atoms with Crippen LogP contribution in [0.25, 0.3) is 11.4 Å². The minimum Gasteiger partial charge on any atom is -0.497 e. The van der Waals surface area contributed by atoms with Crippen LogP contribution < -0.4 is 9.47 Å². The maximum atomic E-state index is 12.1. The predicted molar refractivity (Wildman–Crippen MR) is 97.5 cm³/mol. The van der Waals surface area contributed by atoms with Crippen molar-refractivity contribution in [3.05, 3.63) is 59.5 Å². The van der Waals surface area contributed by atoms with E-state index in [0.29, 0.717) is 22.9 Å². The lowest BCUT2D eigenvalue weighted by Crippen LogP contribution is -2.09. The fraction of sp³-hybridized carbons (Fsp3) is 0.250. The summed E-state index contributed by atoms with van der Waals surface area (Å²) in [6, 6.07) is 13.0. The minimum atomic E-state index is -0.422. The zero-order valence-electron chi connectivity index (χ0n) is 15.4. The van der Waals surface area contributed by atoms with Gasteiger partial charge in [0.1, 0.15) is 11.5 Å². The SMILES string of the molecule is COc1ccc(CC(=O)OCc2nc(-c3ccccc3C)no2)c(OC)c1. The largest absolute Gasteiger partial charge is 0.497 e. The van der Waals surface area contributed by atoms with E-state index in [1.54, 1.807) is 25.3 Å². The molecule has 7 nitrogen and oxygen atoms in total. The number of ether oxygens (including phenoxy) is 3. The molecule has 0 aliphatic carbocycles. The zero-order chi connectivity index (χ0) is 19.2. The number of hydrogen-bond donors (Lipinski definition) is 0. The number of aryl methyl sites for hydroxylation is 1. The third-order valence-electron chi connectivity index (χ3n) is 4.04. The maximum Gasteiger partial charge on any atom is 0.310 e. The average Bonchev–Trinajstić information content (AvgIpc) is 3.16. The number of rotatable bonds is 7. The molecule has 0 spiro atoms. The molecule has 27 heavy (non-hydrogen) atoms. The first-order valence-corrected chi connectivity index (χ1v) is 8.36. The third kappa shape index (κ3) is 4.44. The molecule has 0 fully saturated rings. The lowest BCUT2D eigenvalue weighted by molar-refractivity contribution is -0.144. The summed E-state index contributed by atoms with van der Waals surface area (Å²) in [6.45, 7) is 1.88. The van der Waals surface area contributed by atoms with E-state index in [0.717, 1.165) is 11.1 Å². The molecular formula is C20H20N2O5. The van der Waals surface area contributed by atoms with Gasteiger partial charge in [0.05, 0.1) is 20.6 Å². The molecular weight excluding hydrogens is 348 g/mol. The lowest BCUT2D eigenvalue weighted by Gasteiger charge is -2.09. The second-order valence-electron chi connectivity index (χ2n) is 5.84. The molecule has 0 atom stereocenters. The molecule has 0 aliphatic heterocycles. The van der Waals surface area contributed by atoms with Gasteiger partial charge in [-0.3, -0.25) is 4.79 Å². The first-order chi connectivity index (χ1) is 13.1. The van der Waals surface area contributed by atoms with E-state index in [1.165, 1.54) is 7.11 Å². The van der Waals surface area contributed by atoms with Gasteiger partial charge in [-0.05, 0) is 18.6 Å². The molecule has 0 saturated carbocycles. The van der Waals surface area contributed by atoms with Gasteiger partial charge >= 0.3 is 5.97 Å². The summed E-state index contributed by atoms with van der Waals surface area (Å²) in [5, 5.41) is 3.94. The van der Waals surface area contributed by atoms with E-state index < -0.39 is 5.97 Å². The third-order valence-corrected chi connectivity index (χ3v) is 4.04. The minimum absolute atomic E-state index is 0.0615. The van der Waals surface area contributed by atoms with Crippen molar-refractivity contribution in [2.75, 3.05) is 14.2 Å². The molecule has 0 bridgehead atoms. The van der Waals surface area contributed by atoms with Gasteiger partial charge in [-0.25, -0.2) is 0 Å². The summed E-state index contributed by atoms with van der Waals surface area (Å²) in [5.74, 6) is 1.50. The van der Waals surface area contributed by atoms with Gasteiger partial charge in [0, 0.05) is 17.2 Å². The van der Waals surface area contributed by atoms with Crippen LogP contribution in [0.5, 0.6) is 11.5 Å². The zero-order valence-corrected chi connectivity index (χ0v) is 15.4. The van der Waals surface area contributed by atoms with Crippen LogP contribution in [0, 0.1) is 6.92 Å². The molecule has 0 N–H and O–H groups in total. The highest BCUT2D eigenvalue weighted by atomic mass is 16.6. The fourth-order valence-electron chi connectivity index (χ4n) is 2.59. The summed E-state index contributed by atoms with van der Waals surface area (Å²) in [4.78, 5) is 16.4. The van der Waals surface area contributed by atoms with Crippen molar-refractivity contribution in [1.29, 1.82) is 0 Å². The number of hydrogen-bond acceptors (Lipinski definition) is 7. The van der Waals surface area contributed by atoms with Crippen LogP contribution >= 0.6 is 0 Å². The molecule has 0 amide bonds. The Morgan fingerprint density at radius 3 is 2.67 bits per heavy atom. The number of esters is 1. The molecule has 2 aromatic carbocycles. The predicted octanol–water partition coefficient (Wildman–Crippen LogP) is 3.35. The summed E-state index contributed by atoms with van der Waals surface area (Å²) >= 11 is 0. The highest BCUT2D eigenvalue weighted by Crippen LogP contribution is 2.25. The van der Waals surface area contributed by atoms with Crippen molar-refractivity contribution < 1.29 is 23.5 Å². The Hall–Kier alpha value is -3.35. The van der Waals surface area contributed by atoms with Gasteiger partial charge in [0.2, 0.25) is 5.82 Å². The van der Waals surface area contributed by atoms with E-state index in [1.807, 2.05) is 31.2 Å². The Bertz CT molecular complexity index is 936. The molecule has 3 rings (SSSR count). The van der Waals surface area contributed by atoms with E-state index >= 15 is 0 Å². The molecule has 0 saturated heterocycles. The molecule has 7 heteroatoms. The normalized spacial score (nSPS) is 10.5. The van der Waals surface area contributed by atoms with Crippen molar-refractivity contribution in [2.24, 2.45) is 0 Å². The van der Waals surface area contributed by atoms with Crippen molar-refractivity contribution >= 4 is 5.97 Å². The van der Waals surface area contributed by atoms with Crippen LogP contribution in [-0.4, -0.2) is 30.3 Å². The molecule has 140 valence electrons. The number of methoxy groups -OCH3 is 2. The summed E-state index contributed by atoms with van der Waals surface area (Å²) < 4.78 is 20.8. The van der Waals surface area contributed by atoms with E-state index in [-0.39, 0.29) is 18.9 Å². The van der Waals surface area contributed by atoms with Crippen LogP contribution in [0.2, 0.25) is 0 Å². The molecule has 1 heterocycles. The lowest BCUT2D eigenvalue weighted by atomic mass is 10.1. The summed E-state index contributed by atoms with van der Waals surface area (Å²) in [5.41, 5.74) is 2.62. The topological polar surface area (TPSA) is 83.7 Å². The fourth-order valence-corrected chi connectivity index (χ4v) is 2.59. The Morgan fingerprint density at radius 2 is 1.93 bits per heavy atom. The van der Waals surface area contributed by atoms with Crippen LogP contribution in [0.3, 0.4) is 0 Å². The van der Waals surface area contributed by atoms with E-state index in [2.05, 4.69) is 10.1 Å². The van der Waals surface area contributed by atoms with Crippen LogP contribution in [0.1, 0.15) is 17.0 Å². The Morgan fingerprint density at radius 1 is 1.11 bits per heavy atom. The maximum absolute atomic E-state index is 12.1. The van der Waals surface area contributed by atoms with Crippen LogP contribution in [0.15, 0.2) is 47.0 Å². The Labute approximate surface area is 156 Å². The molecule has 3 aromatic rings. The van der Waals surface area contributed by atoms with Crippen LogP contribution in [-0.2, 0) is 22.6 Å². The number of nitrogens with zero attached hydrogens (tertiary/aromatic N) is 2. The van der Waals surface area contributed by atoms with E-state index in [4.69, 9.17) is 18.7 Å². The Kier molecular flexibility index (Phi) is 5.71. The van der Waals surface area contributed by atoms with Gasteiger partial charge in [0.25, 0.3) is 5.89 Å². The first kappa shape index (κ1) is 18.4. The summed E-state index contributed by atoms with van der Waals surface area (Å²) in [6.07, 6.45) is 0.0615. The number of aromatic nitrogens is 2. The smallest absolute Gasteiger partial charge is 0.310 e. The van der Waals surface area contributed by atoms with Gasteiger partial charge in [0.15, 0.2) is 6.61 Å². The number of carbonyl (C=O) groups excluding carboxylic acids is 1. The van der Waals surface area contributed by atoms with Crippen molar-refractivity contribution in [3.8, 4) is 22.9 Å². The first-order valence-electron chi connectivity index (χ1n) is 8.36. The highest BCUT2D eigenvalue weighted by Gasteiger charge is 2.14. The Balaban J connectivity index is 1.61. The molecule has 0 radical (unpaired) electrons. The van der Waals surface area contributed by atoms with Crippen LogP contribution in [0.4, 0.5) is 0 Å². The second kappa shape index (κ2) is 8.35. The van der Waals surface area contributed by atoms with Crippen molar-refractivity contribution in [3.63, 3.8) is 0 Å². The van der Waals surface area contributed by atoms with Crippen molar-refractivity contribution in [2.45, 2.75) is 20.0 Å². The average molecular weight is 368 g/mol. The monoisotopic (exact) mass is 368 g/mol. The van der Waals surface area contributed by atoms with Gasteiger partial charge in [-0.2, -0.15) is 4.98 Å². The second-order valence-corrected chi connectivity index (χ2v) is 5.84. The molecule has 0 unspecified atom stereocenters.